The van der Waals surface area contributed by atoms with E-state index in [1.54, 1.807) is 21.3 Å². The van der Waals surface area contributed by atoms with Gasteiger partial charge in [-0.3, -0.25) is 18.7 Å². The summed E-state index contributed by atoms with van der Waals surface area (Å²) in [6.07, 6.45) is 1.40. The van der Waals surface area contributed by atoms with Crippen LogP contribution in [0.4, 0.5) is 5.69 Å². The van der Waals surface area contributed by atoms with Gasteiger partial charge < -0.3 is 10.3 Å². The molecule has 8 nitrogen and oxygen atoms in total. The second-order valence-electron chi connectivity index (χ2n) is 5.55. The summed E-state index contributed by atoms with van der Waals surface area (Å²) in [6, 6.07) is 6.73. The van der Waals surface area contributed by atoms with Crippen LogP contribution in [0.1, 0.15) is 13.8 Å². The Labute approximate surface area is 153 Å². The fraction of sp³-hybridized carbons (Fsp3) is 0.294. The fourth-order valence-electron chi connectivity index (χ4n) is 2.76. The Morgan fingerprint density at radius 3 is 2.58 bits per heavy atom. The van der Waals surface area contributed by atoms with Crippen LogP contribution in [0.15, 0.2) is 45.2 Å². The number of carbonyl (C=O) groups is 1. The van der Waals surface area contributed by atoms with E-state index in [9.17, 15) is 14.4 Å². The monoisotopic (exact) mass is 373 g/mol. The minimum absolute atomic E-state index is 0.0526. The Bertz CT molecular complexity index is 1070. The summed E-state index contributed by atoms with van der Waals surface area (Å²) in [6.45, 7) is 4.99. The average molecular weight is 373 g/mol. The van der Waals surface area contributed by atoms with Crippen LogP contribution < -0.4 is 16.6 Å². The zero-order valence-corrected chi connectivity index (χ0v) is 15.3. The Kier molecular flexibility index (Phi) is 5.27. The molecule has 26 heavy (non-hydrogen) atoms. The number of benzene rings is 1. The van der Waals surface area contributed by atoms with Gasteiger partial charge in [0.2, 0.25) is 5.91 Å². The van der Waals surface area contributed by atoms with Crippen LogP contribution in [0.5, 0.6) is 0 Å². The standard InChI is InChI=1S/C17H19N5O3S/c1-3-21-12-6-5-11(9-13(12)22(4-2)17(21)25)19-15(24)10-26-16-18-8-7-14(23)20-16/h5-9H,3-4,10H2,1-2H3,(H,19,24)(H,18,20,23). The van der Waals surface area contributed by atoms with Crippen molar-refractivity contribution in [3.63, 3.8) is 0 Å². The number of nitrogens with zero attached hydrogens (tertiary/aromatic N) is 3. The fourth-order valence-corrected chi connectivity index (χ4v) is 3.41. The van der Waals surface area contributed by atoms with Gasteiger partial charge in [-0.15, -0.1) is 0 Å². The van der Waals surface area contributed by atoms with Crippen LogP contribution >= 0.6 is 11.8 Å². The van der Waals surface area contributed by atoms with E-state index in [-0.39, 0.29) is 22.9 Å². The predicted octanol–water partition coefficient (Wildman–Crippen LogP) is 1.66. The lowest BCUT2D eigenvalue weighted by molar-refractivity contribution is -0.113. The number of fused-ring (bicyclic) bond motifs is 1. The van der Waals surface area contributed by atoms with Gasteiger partial charge in [0.1, 0.15) is 0 Å². The van der Waals surface area contributed by atoms with Crippen LogP contribution in [0.25, 0.3) is 11.0 Å². The molecule has 0 unspecified atom stereocenters. The maximum Gasteiger partial charge on any atom is 0.329 e. The minimum atomic E-state index is -0.258. The Morgan fingerprint density at radius 1 is 1.15 bits per heavy atom. The average Bonchev–Trinajstić information content (AvgIpc) is 2.90. The predicted molar refractivity (Wildman–Crippen MR) is 102 cm³/mol. The zero-order valence-electron chi connectivity index (χ0n) is 14.5. The molecule has 3 aromatic rings. The highest BCUT2D eigenvalue weighted by atomic mass is 32.2. The quantitative estimate of drug-likeness (QED) is 0.505. The Morgan fingerprint density at radius 2 is 1.88 bits per heavy atom. The minimum Gasteiger partial charge on any atom is -0.325 e. The number of aromatic amines is 1. The maximum absolute atomic E-state index is 12.4. The summed E-state index contributed by atoms with van der Waals surface area (Å²) in [5.74, 6) is -0.108. The highest BCUT2D eigenvalue weighted by Crippen LogP contribution is 2.19. The number of nitrogens with one attached hydrogen (secondary N) is 2. The van der Waals surface area contributed by atoms with Gasteiger partial charge >= 0.3 is 5.69 Å². The van der Waals surface area contributed by atoms with Crippen LogP contribution in [0.3, 0.4) is 0 Å². The molecule has 0 aliphatic heterocycles. The number of hydrogen-bond acceptors (Lipinski definition) is 5. The van der Waals surface area contributed by atoms with Crippen LogP contribution in [0.2, 0.25) is 0 Å². The van der Waals surface area contributed by atoms with Crippen LogP contribution in [-0.2, 0) is 17.9 Å². The molecule has 0 radical (unpaired) electrons. The molecule has 1 aromatic carbocycles. The highest BCUT2D eigenvalue weighted by molar-refractivity contribution is 7.99. The van der Waals surface area contributed by atoms with E-state index >= 15 is 0 Å². The van der Waals surface area contributed by atoms with E-state index in [2.05, 4.69) is 15.3 Å². The number of rotatable bonds is 6. The zero-order chi connectivity index (χ0) is 18.7. The number of imidazole rings is 1. The van der Waals surface area contributed by atoms with Gasteiger partial charge in [-0.25, -0.2) is 9.78 Å². The molecule has 0 saturated carbocycles. The molecule has 0 atom stereocenters. The number of aromatic nitrogens is 4. The molecular weight excluding hydrogens is 354 g/mol. The van der Waals surface area contributed by atoms with Gasteiger partial charge in [-0.2, -0.15) is 0 Å². The summed E-state index contributed by atoms with van der Waals surface area (Å²) >= 11 is 1.15. The molecule has 3 rings (SSSR count). The third kappa shape index (κ3) is 3.57. The first-order valence-electron chi connectivity index (χ1n) is 8.24. The number of aryl methyl sites for hydroxylation is 2. The van der Waals surface area contributed by atoms with Gasteiger partial charge in [-0.1, -0.05) is 11.8 Å². The number of carbonyl (C=O) groups excluding carboxylic acids is 1. The lowest BCUT2D eigenvalue weighted by atomic mass is 10.2. The molecule has 0 fully saturated rings. The Balaban J connectivity index is 1.77. The summed E-state index contributed by atoms with van der Waals surface area (Å²) in [4.78, 5) is 42.3. The van der Waals surface area contributed by atoms with Crippen LogP contribution in [-0.4, -0.2) is 30.8 Å². The largest absolute Gasteiger partial charge is 0.329 e. The van der Waals surface area contributed by atoms with Crippen molar-refractivity contribution in [1.82, 2.24) is 19.1 Å². The normalized spacial score (nSPS) is 11.0. The molecule has 2 aromatic heterocycles. The second kappa shape index (κ2) is 7.61. The SMILES string of the molecule is CCn1c(=O)n(CC)c2cc(NC(=O)CSc3nccc(=O)[nH]3)ccc21. The first kappa shape index (κ1) is 18.0. The van der Waals surface area contributed by atoms with Crippen molar-refractivity contribution in [2.24, 2.45) is 0 Å². The number of amides is 1. The van der Waals surface area contributed by atoms with Crippen molar-refractivity contribution in [3.05, 3.63) is 51.3 Å². The number of H-pyrrole nitrogens is 1. The molecule has 136 valence electrons. The van der Waals surface area contributed by atoms with Crippen molar-refractivity contribution < 1.29 is 4.79 Å². The van der Waals surface area contributed by atoms with Gasteiger partial charge in [0.15, 0.2) is 5.16 Å². The van der Waals surface area contributed by atoms with Crippen molar-refractivity contribution >= 4 is 34.4 Å². The molecule has 1 amide bonds. The third-order valence-electron chi connectivity index (χ3n) is 3.92. The first-order chi connectivity index (χ1) is 12.5. The van der Waals surface area contributed by atoms with E-state index in [0.717, 1.165) is 22.8 Å². The van der Waals surface area contributed by atoms with Crippen molar-refractivity contribution in [3.8, 4) is 0 Å². The highest BCUT2D eigenvalue weighted by Gasteiger charge is 2.12. The van der Waals surface area contributed by atoms with Gasteiger partial charge in [0.05, 0.1) is 16.8 Å². The van der Waals surface area contributed by atoms with E-state index < -0.39 is 0 Å². The maximum atomic E-state index is 12.4. The summed E-state index contributed by atoms with van der Waals surface area (Å²) in [5.41, 5.74) is 1.94. The summed E-state index contributed by atoms with van der Waals surface area (Å²) in [7, 11) is 0. The third-order valence-corrected chi connectivity index (χ3v) is 4.81. The molecule has 0 bridgehead atoms. The molecule has 0 aliphatic carbocycles. The molecule has 9 heteroatoms. The summed E-state index contributed by atoms with van der Waals surface area (Å²) in [5, 5.41) is 3.20. The van der Waals surface area contributed by atoms with Crippen molar-refractivity contribution in [1.29, 1.82) is 0 Å². The van der Waals surface area contributed by atoms with Crippen molar-refractivity contribution in [2.75, 3.05) is 11.1 Å². The topological polar surface area (TPSA) is 102 Å². The van der Waals surface area contributed by atoms with E-state index in [1.807, 2.05) is 19.9 Å². The number of thioether (sulfide) groups is 1. The van der Waals surface area contributed by atoms with E-state index in [0.29, 0.717) is 23.9 Å². The molecule has 0 aliphatic rings. The van der Waals surface area contributed by atoms with Crippen molar-refractivity contribution in [2.45, 2.75) is 32.1 Å². The molecular formula is C17H19N5O3S. The smallest absolute Gasteiger partial charge is 0.325 e. The number of anilines is 1. The van der Waals surface area contributed by atoms with E-state index in [1.165, 1.54) is 12.3 Å². The molecule has 0 spiro atoms. The molecule has 2 N–H and O–H groups in total. The second-order valence-corrected chi connectivity index (χ2v) is 6.51. The lowest BCUT2D eigenvalue weighted by Crippen LogP contribution is -2.23. The number of hydrogen-bond donors (Lipinski definition) is 2. The lowest BCUT2D eigenvalue weighted by Gasteiger charge is -2.06. The van der Waals surface area contributed by atoms with E-state index in [4.69, 9.17) is 0 Å². The van der Waals surface area contributed by atoms with Gasteiger partial charge in [-0.05, 0) is 32.0 Å². The molecule has 2 heterocycles. The first-order valence-corrected chi connectivity index (χ1v) is 9.23. The molecule has 0 saturated heterocycles. The van der Waals surface area contributed by atoms with Gasteiger partial charge in [0, 0.05) is 31.0 Å². The van der Waals surface area contributed by atoms with Gasteiger partial charge in [0.25, 0.3) is 5.56 Å². The van der Waals surface area contributed by atoms with Crippen LogP contribution in [0, 0.1) is 0 Å². The Hall–Kier alpha value is -2.81. The summed E-state index contributed by atoms with van der Waals surface area (Å²) < 4.78 is 3.39.